The number of hydrogen-bond donors (Lipinski definition) is 2. The summed E-state index contributed by atoms with van der Waals surface area (Å²) in [7, 11) is 0. The van der Waals surface area contributed by atoms with E-state index in [2.05, 4.69) is 10.6 Å². The van der Waals surface area contributed by atoms with Crippen molar-refractivity contribution in [2.45, 2.75) is 77.0 Å². The molecule has 2 unspecified atom stereocenters. The molecule has 44 heavy (non-hydrogen) atoms. The fourth-order valence-electron chi connectivity index (χ4n) is 6.68. The van der Waals surface area contributed by atoms with Crippen molar-refractivity contribution in [2.75, 3.05) is 13.2 Å². The Balaban J connectivity index is 1.06. The Morgan fingerprint density at radius 3 is 1.55 bits per heavy atom. The molecule has 0 aromatic carbocycles. The average Bonchev–Trinajstić information content (AvgIpc) is 3.73. The molecule has 2 aromatic heterocycles. The quantitative estimate of drug-likeness (QED) is 0.244. The number of carbonyl (C=O) groups excluding carboxylic acids is 4. The lowest BCUT2D eigenvalue weighted by molar-refractivity contribution is -0.142. The van der Waals surface area contributed by atoms with Crippen molar-refractivity contribution in [3.05, 3.63) is 89.9 Å². The maximum atomic E-state index is 13.4. The highest BCUT2D eigenvalue weighted by molar-refractivity contribution is 7.10. The first-order chi connectivity index (χ1) is 21.3. The molecule has 4 aliphatic rings. The predicted molar refractivity (Wildman–Crippen MR) is 169 cm³/mol. The zero-order chi connectivity index (χ0) is 30.8. The molecule has 0 saturated heterocycles. The van der Waals surface area contributed by atoms with Gasteiger partial charge in [-0.3, -0.25) is 9.59 Å². The van der Waals surface area contributed by atoms with Gasteiger partial charge in [0.2, 0.25) is 0 Å². The van der Waals surface area contributed by atoms with E-state index in [4.69, 9.17) is 9.47 Å². The second-order valence-electron chi connectivity index (χ2n) is 11.5. The number of allylic oxidation sites excluding steroid dienone is 6. The molecule has 8 nitrogen and oxygen atoms in total. The molecule has 4 heterocycles. The van der Waals surface area contributed by atoms with E-state index in [-0.39, 0.29) is 24.8 Å². The first-order valence-electron chi connectivity index (χ1n) is 15.2. The summed E-state index contributed by atoms with van der Waals surface area (Å²) in [5.74, 6) is -1.56. The molecule has 10 heteroatoms. The zero-order valence-electron chi connectivity index (χ0n) is 25.0. The van der Waals surface area contributed by atoms with Gasteiger partial charge in [0.1, 0.15) is 0 Å². The first kappa shape index (κ1) is 30.3. The van der Waals surface area contributed by atoms with Gasteiger partial charge in [-0.05, 0) is 75.3 Å². The summed E-state index contributed by atoms with van der Waals surface area (Å²) in [6.07, 6.45) is 5.17. The van der Waals surface area contributed by atoms with Gasteiger partial charge in [0, 0.05) is 56.5 Å². The number of Topliss-reactive ketones (excluding diaryl/α,β-unsaturated/α-hetero) is 2. The number of ether oxygens (including phenoxy) is 2. The largest absolute Gasteiger partial charge is 0.462 e. The molecule has 0 fully saturated rings. The lowest BCUT2D eigenvalue weighted by Gasteiger charge is -2.33. The van der Waals surface area contributed by atoms with Crippen LogP contribution in [-0.4, -0.2) is 36.7 Å². The maximum absolute atomic E-state index is 13.4. The molecule has 2 atom stereocenters. The summed E-state index contributed by atoms with van der Waals surface area (Å²) in [6.45, 7) is 4.05. The predicted octanol–water partition coefficient (Wildman–Crippen LogP) is 6.31. The second kappa shape index (κ2) is 13.1. The normalized spacial score (nSPS) is 22.0. The average molecular weight is 633 g/mol. The third-order valence-corrected chi connectivity index (χ3v) is 10.5. The Hall–Kier alpha value is -3.76. The van der Waals surface area contributed by atoms with E-state index >= 15 is 0 Å². The van der Waals surface area contributed by atoms with Crippen LogP contribution in [0.1, 0.15) is 86.8 Å². The molecule has 0 spiro atoms. The minimum Gasteiger partial charge on any atom is -0.462 e. The molecule has 2 aliphatic heterocycles. The van der Waals surface area contributed by atoms with Crippen molar-refractivity contribution in [2.24, 2.45) is 0 Å². The third kappa shape index (κ3) is 5.85. The van der Waals surface area contributed by atoms with Crippen LogP contribution in [0.4, 0.5) is 0 Å². The topological polar surface area (TPSA) is 111 Å². The molecular weight excluding hydrogens is 597 g/mol. The molecule has 0 radical (unpaired) electrons. The maximum Gasteiger partial charge on any atom is 0.336 e. The van der Waals surface area contributed by atoms with Crippen LogP contribution in [-0.2, 0) is 28.7 Å². The van der Waals surface area contributed by atoms with E-state index in [0.29, 0.717) is 48.0 Å². The van der Waals surface area contributed by atoms with Gasteiger partial charge in [-0.15, -0.1) is 22.7 Å². The summed E-state index contributed by atoms with van der Waals surface area (Å²) >= 11 is 3.06. The molecule has 0 amide bonds. The minimum atomic E-state index is -0.440. The summed E-state index contributed by atoms with van der Waals surface area (Å²) < 4.78 is 11.4. The number of rotatable bonds is 9. The highest BCUT2D eigenvalue weighted by Gasteiger charge is 2.41. The Labute approximate surface area is 264 Å². The molecular formula is C34H36N2O6S2. The molecule has 6 rings (SSSR count). The van der Waals surface area contributed by atoms with Crippen LogP contribution < -0.4 is 10.6 Å². The van der Waals surface area contributed by atoms with Crippen molar-refractivity contribution in [1.82, 2.24) is 10.6 Å². The number of unbranched alkanes of at least 4 members (excludes halogenated alkanes) is 1. The van der Waals surface area contributed by atoms with Gasteiger partial charge in [0.15, 0.2) is 11.6 Å². The van der Waals surface area contributed by atoms with Gasteiger partial charge in [0.05, 0.1) is 36.2 Å². The standard InChI is InChI=1S/C34H36N2O6S2/c1-19-27(31(25-13-7-17-43-25)29-21(35-19)9-5-11-23(29)37)33(39)41-15-3-4-16-42-34(40)28-20(2)36-22-10-6-12-24(38)30(22)32(28)26-14-8-18-44-26/h7-8,13-14,17-18,31-32,35-36H,3-6,9-12,15-16H2,1-2H3. The van der Waals surface area contributed by atoms with E-state index in [1.54, 1.807) is 0 Å². The second-order valence-corrected chi connectivity index (χ2v) is 13.5. The van der Waals surface area contributed by atoms with Crippen LogP contribution in [0.3, 0.4) is 0 Å². The van der Waals surface area contributed by atoms with E-state index in [9.17, 15) is 19.2 Å². The SMILES string of the molecule is CC1=C(C(=O)OCCCCOC(=O)C2=C(C)NC3=C(C(=O)CCC3)C2c2cccs2)C(c2cccs2)C2=C(CCCC2=O)N1. The molecule has 2 aliphatic carbocycles. The highest BCUT2D eigenvalue weighted by Crippen LogP contribution is 2.45. The third-order valence-electron chi connectivity index (χ3n) is 8.65. The Morgan fingerprint density at radius 2 is 1.16 bits per heavy atom. The number of hydrogen-bond acceptors (Lipinski definition) is 10. The number of thiophene rings is 2. The lowest BCUT2D eigenvalue weighted by Crippen LogP contribution is -2.34. The van der Waals surface area contributed by atoms with Crippen molar-refractivity contribution >= 4 is 46.2 Å². The van der Waals surface area contributed by atoms with E-state index in [0.717, 1.165) is 58.2 Å². The van der Waals surface area contributed by atoms with E-state index in [1.165, 1.54) is 22.7 Å². The van der Waals surface area contributed by atoms with Crippen molar-refractivity contribution < 1.29 is 28.7 Å². The zero-order valence-corrected chi connectivity index (χ0v) is 26.6. The number of dihydropyridines is 2. The van der Waals surface area contributed by atoms with Gasteiger partial charge in [-0.2, -0.15) is 0 Å². The molecule has 0 saturated carbocycles. The number of nitrogens with one attached hydrogen (secondary N) is 2. The van der Waals surface area contributed by atoms with Crippen molar-refractivity contribution in [3.8, 4) is 0 Å². The summed E-state index contributed by atoms with van der Waals surface area (Å²) in [5, 5.41) is 10.5. The van der Waals surface area contributed by atoms with Crippen LogP contribution in [0.5, 0.6) is 0 Å². The van der Waals surface area contributed by atoms with Gasteiger partial charge in [0.25, 0.3) is 0 Å². The van der Waals surface area contributed by atoms with E-state index in [1.807, 2.05) is 48.9 Å². The fraction of sp³-hybridized carbons (Fsp3) is 0.412. The van der Waals surface area contributed by atoms with Crippen molar-refractivity contribution in [3.63, 3.8) is 0 Å². The van der Waals surface area contributed by atoms with E-state index < -0.39 is 23.8 Å². The van der Waals surface area contributed by atoms with Crippen LogP contribution in [0.25, 0.3) is 0 Å². The lowest BCUT2D eigenvalue weighted by atomic mass is 9.78. The number of ketones is 2. The van der Waals surface area contributed by atoms with Crippen LogP contribution in [0.2, 0.25) is 0 Å². The Bertz CT molecular complexity index is 1490. The van der Waals surface area contributed by atoms with Gasteiger partial charge < -0.3 is 20.1 Å². The van der Waals surface area contributed by atoms with Gasteiger partial charge in [-0.1, -0.05) is 12.1 Å². The highest BCUT2D eigenvalue weighted by atomic mass is 32.1. The van der Waals surface area contributed by atoms with Gasteiger partial charge in [-0.25, -0.2) is 9.59 Å². The number of carbonyl (C=O) groups is 4. The molecule has 0 bridgehead atoms. The number of esters is 2. The monoisotopic (exact) mass is 632 g/mol. The molecule has 230 valence electrons. The summed E-state index contributed by atoms with van der Waals surface area (Å²) in [4.78, 5) is 54.6. The van der Waals surface area contributed by atoms with Crippen molar-refractivity contribution in [1.29, 1.82) is 0 Å². The van der Waals surface area contributed by atoms with Gasteiger partial charge >= 0.3 is 11.9 Å². The molecule has 2 N–H and O–H groups in total. The Kier molecular flexibility index (Phi) is 9.00. The summed E-state index contributed by atoms with van der Waals surface area (Å²) in [5.41, 5.74) is 5.58. The fourth-order valence-corrected chi connectivity index (χ4v) is 8.36. The summed E-state index contributed by atoms with van der Waals surface area (Å²) in [6, 6.07) is 7.79. The van der Waals surface area contributed by atoms with Crippen LogP contribution >= 0.6 is 22.7 Å². The molecule has 2 aromatic rings. The first-order valence-corrected chi connectivity index (χ1v) is 17.0. The minimum absolute atomic E-state index is 0.0805. The van der Waals surface area contributed by atoms with Crippen LogP contribution in [0, 0.1) is 0 Å². The Morgan fingerprint density at radius 1 is 0.727 bits per heavy atom. The smallest absolute Gasteiger partial charge is 0.336 e. The van der Waals surface area contributed by atoms with Crippen LogP contribution in [0.15, 0.2) is 80.1 Å².